The molecule has 4 rings (SSSR count). The molecule has 0 fully saturated rings. The second-order valence-corrected chi connectivity index (χ2v) is 11.3. The Morgan fingerprint density at radius 2 is 0.929 bits per heavy atom. The lowest BCUT2D eigenvalue weighted by atomic mass is 9.76. The van der Waals surface area contributed by atoms with Crippen molar-refractivity contribution in [2.24, 2.45) is 23.7 Å². The van der Waals surface area contributed by atoms with Crippen LogP contribution in [0.15, 0.2) is 60.9 Å². The number of Topliss-reactive ketones (excluding diaryl/α,β-unsaturated/α-hetero) is 2. The van der Waals surface area contributed by atoms with Crippen LogP contribution in [0, 0.1) is 23.7 Å². The number of H-pyrrole nitrogens is 2. The second-order valence-electron chi connectivity index (χ2n) is 11.3. The molecular formula is C34H42N2O6. The van der Waals surface area contributed by atoms with Gasteiger partial charge in [0.1, 0.15) is 23.4 Å². The summed E-state index contributed by atoms with van der Waals surface area (Å²) in [6, 6.07) is 15.8. The minimum absolute atomic E-state index is 0.136. The molecule has 2 aromatic heterocycles. The van der Waals surface area contributed by atoms with E-state index in [1.165, 1.54) is 28.1 Å². The summed E-state index contributed by atoms with van der Waals surface area (Å²) in [5.41, 5.74) is 3.99. The zero-order chi connectivity index (χ0) is 31.1. The molecule has 0 bridgehead atoms. The average Bonchev–Trinajstić information content (AvgIpc) is 3.57. The van der Waals surface area contributed by atoms with Crippen molar-refractivity contribution in [3.8, 4) is 0 Å². The standard InChI is InChI=1S/2C17H21NO3/c2*1-10(2)15(16(11(3)19)17(20)21-4)13-9-18-14-8-6-5-7-12(13)14/h2*5-10,15-16,18H,1-4H3/t2*15-,16+/m10/s1. The Kier molecular flexibility index (Phi) is 10.9. The summed E-state index contributed by atoms with van der Waals surface area (Å²) < 4.78 is 9.69. The third kappa shape index (κ3) is 6.81. The second kappa shape index (κ2) is 14.1. The molecular weight excluding hydrogens is 532 g/mol. The van der Waals surface area contributed by atoms with Gasteiger partial charge >= 0.3 is 11.9 Å². The van der Waals surface area contributed by atoms with Crippen LogP contribution < -0.4 is 0 Å². The van der Waals surface area contributed by atoms with Crippen LogP contribution in [0.2, 0.25) is 0 Å². The van der Waals surface area contributed by atoms with Crippen LogP contribution in [0.1, 0.15) is 64.5 Å². The highest BCUT2D eigenvalue weighted by Crippen LogP contribution is 2.39. The number of aromatic amines is 2. The summed E-state index contributed by atoms with van der Waals surface area (Å²) >= 11 is 0. The largest absolute Gasteiger partial charge is 0.468 e. The van der Waals surface area contributed by atoms with Gasteiger partial charge in [-0.2, -0.15) is 0 Å². The first kappa shape index (κ1) is 32.3. The van der Waals surface area contributed by atoms with Crippen molar-refractivity contribution in [2.45, 2.75) is 53.4 Å². The van der Waals surface area contributed by atoms with Crippen LogP contribution in [0.25, 0.3) is 21.8 Å². The third-order valence-electron chi connectivity index (χ3n) is 7.90. The number of carbonyl (C=O) groups excluding carboxylic acids is 4. The Morgan fingerprint density at radius 1 is 0.595 bits per heavy atom. The van der Waals surface area contributed by atoms with Gasteiger partial charge in [-0.05, 0) is 48.9 Å². The molecule has 224 valence electrons. The predicted molar refractivity (Wildman–Crippen MR) is 164 cm³/mol. The molecule has 0 aliphatic heterocycles. The van der Waals surface area contributed by atoms with Crippen LogP contribution in [-0.2, 0) is 28.7 Å². The van der Waals surface area contributed by atoms with E-state index in [1.54, 1.807) is 0 Å². The van der Waals surface area contributed by atoms with E-state index in [1.807, 2.05) is 88.6 Å². The molecule has 4 atom stereocenters. The third-order valence-corrected chi connectivity index (χ3v) is 7.90. The zero-order valence-electron chi connectivity index (χ0n) is 25.7. The van der Waals surface area contributed by atoms with Crippen molar-refractivity contribution >= 4 is 45.3 Å². The number of para-hydroxylation sites is 2. The monoisotopic (exact) mass is 574 g/mol. The summed E-state index contributed by atoms with van der Waals surface area (Å²) in [4.78, 5) is 54.6. The lowest BCUT2D eigenvalue weighted by Crippen LogP contribution is -2.32. The van der Waals surface area contributed by atoms with Gasteiger partial charge in [0.2, 0.25) is 0 Å². The van der Waals surface area contributed by atoms with Crippen LogP contribution in [-0.4, -0.2) is 47.7 Å². The maximum atomic E-state index is 12.1. The molecule has 0 aliphatic rings. The predicted octanol–water partition coefficient (Wildman–Crippen LogP) is 6.57. The fourth-order valence-corrected chi connectivity index (χ4v) is 5.97. The van der Waals surface area contributed by atoms with Crippen molar-refractivity contribution in [1.29, 1.82) is 0 Å². The molecule has 0 radical (unpaired) electrons. The van der Waals surface area contributed by atoms with Crippen LogP contribution >= 0.6 is 0 Å². The molecule has 0 amide bonds. The molecule has 0 unspecified atom stereocenters. The lowest BCUT2D eigenvalue weighted by molar-refractivity contribution is -0.152. The van der Waals surface area contributed by atoms with E-state index < -0.39 is 23.8 Å². The molecule has 2 aromatic carbocycles. The molecule has 2 heterocycles. The van der Waals surface area contributed by atoms with Gasteiger partial charge in [-0.1, -0.05) is 64.1 Å². The van der Waals surface area contributed by atoms with Gasteiger partial charge in [0.15, 0.2) is 0 Å². The SMILES string of the molecule is COC(=O)[C@@H](C(C)=O)[C@@H](c1c[nH]c2ccccc12)C(C)C.COC(=O)[C@H](C(C)=O)[C@H](c1c[nH]c2ccccc12)C(C)C. The van der Waals surface area contributed by atoms with Gasteiger partial charge < -0.3 is 19.4 Å². The fraction of sp³-hybridized carbons (Fsp3) is 0.412. The highest BCUT2D eigenvalue weighted by Gasteiger charge is 2.38. The van der Waals surface area contributed by atoms with Crippen molar-refractivity contribution in [3.63, 3.8) is 0 Å². The Labute approximate surface area is 247 Å². The molecule has 0 aliphatic carbocycles. The number of aromatic nitrogens is 2. The number of methoxy groups -OCH3 is 2. The van der Waals surface area contributed by atoms with Gasteiger partial charge in [-0.25, -0.2) is 0 Å². The number of rotatable bonds is 10. The maximum absolute atomic E-state index is 12.1. The number of hydrogen-bond donors (Lipinski definition) is 2. The molecule has 2 N–H and O–H groups in total. The van der Waals surface area contributed by atoms with E-state index in [9.17, 15) is 19.2 Å². The number of esters is 2. The van der Waals surface area contributed by atoms with Crippen molar-refractivity contribution in [1.82, 2.24) is 9.97 Å². The molecule has 0 saturated carbocycles. The van der Waals surface area contributed by atoms with Crippen LogP contribution in [0.3, 0.4) is 0 Å². The van der Waals surface area contributed by atoms with Gasteiger partial charge in [0, 0.05) is 46.0 Å². The van der Waals surface area contributed by atoms with Crippen molar-refractivity contribution in [3.05, 3.63) is 72.1 Å². The number of ether oxygens (including phenoxy) is 2. The van der Waals surface area contributed by atoms with Gasteiger partial charge in [0.25, 0.3) is 0 Å². The molecule has 42 heavy (non-hydrogen) atoms. The number of carbonyl (C=O) groups is 4. The number of fused-ring (bicyclic) bond motifs is 2. The quantitative estimate of drug-likeness (QED) is 0.163. The minimum atomic E-state index is -0.769. The smallest absolute Gasteiger partial charge is 0.316 e. The Balaban J connectivity index is 0.000000230. The van der Waals surface area contributed by atoms with Crippen LogP contribution in [0.5, 0.6) is 0 Å². The van der Waals surface area contributed by atoms with Gasteiger partial charge in [-0.3, -0.25) is 19.2 Å². The summed E-state index contributed by atoms with van der Waals surface area (Å²) in [6.45, 7) is 11.0. The highest BCUT2D eigenvalue weighted by atomic mass is 16.5. The normalized spacial score (nSPS) is 14.1. The topological polar surface area (TPSA) is 118 Å². The van der Waals surface area contributed by atoms with E-state index in [0.29, 0.717) is 0 Å². The van der Waals surface area contributed by atoms with E-state index in [-0.39, 0.29) is 35.2 Å². The molecule has 4 aromatic rings. The summed E-state index contributed by atoms with van der Waals surface area (Å²) in [5.74, 6) is -2.93. The Morgan fingerprint density at radius 3 is 1.21 bits per heavy atom. The lowest BCUT2D eigenvalue weighted by Gasteiger charge is -2.26. The first-order valence-corrected chi connectivity index (χ1v) is 14.2. The first-order valence-electron chi connectivity index (χ1n) is 14.2. The van der Waals surface area contributed by atoms with E-state index >= 15 is 0 Å². The Bertz CT molecular complexity index is 1430. The maximum Gasteiger partial charge on any atom is 0.316 e. The zero-order valence-corrected chi connectivity index (χ0v) is 25.7. The van der Waals surface area contributed by atoms with Gasteiger partial charge in [-0.15, -0.1) is 0 Å². The molecule has 8 nitrogen and oxygen atoms in total. The van der Waals surface area contributed by atoms with Crippen molar-refractivity contribution < 1.29 is 28.7 Å². The van der Waals surface area contributed by atoms with E-state index in [2.05, 4.69) is 9.97 Å². The van der Waals surface area contributed by atoms with Gasteiger partial charge in [0.05, 0.1) is 14.2 Å². The number of hydrogen-bond acceptors (Lipinski definition) is 6. The highest BCUT2D eigenvalue weighted by molar-refractivity contribution is 6.00. The summed E-state index contributed by atoms with van der Waals surface area (Å²) in [7, 11) is 2.65. The molecule has 8 heteroatoms. The van der Waals surface area contributed by atoms with E-state index in [4.69, 9.17) is 9.47 Å². The van der Waals surface area contributed by atoms with Crippen molar-refractivity contribution in [2.75, 3.05) is 14.2 Å². The summed E-state index contributed by atoms with van der Waals surface area (Å²) in [6.07, 6.45) is 3.79. The average molecular weight is 575 g/mol. The molecule has 0 spiro atoms. The number of ketones is 2. The fourth-order valence-electron chi connectivity index (χ4n) is 5.97. The minimum Gasteiger partial charge on any atom is -0.468 e. The number of nitrogens with one attached hydrogen (secondary N) is 2. The van der Waals surface area contributed by atoms with Crippen LogP contribution in [0.4, 0.5) is 0 Å². The first-order chi connectivity index (χ1) is 19.9. The molecule has 0 saturated heterocycles. The summed E-state index contributed by atoms with van der Waals surface area (Å²) in [5, 5.41) is 2.10. The Hall–Kier alpha value is -4.20. The van der Waals surface area contributed by atoms with E-state index in [0.717, 1.165) is 32.9 Å². The number of benzene rings is 2.